The summed E-state index contributed by atoms with van der Waals surface area (Å²) in [6, 6.07) is 27.8. The Morgan fingerprint density at radius 3 is 2.36 bits per heavy atom. The molecule has 1 aliphatic rings. The largest absolute Gasteiger partial charge is 0.455 e. The molecule has 5 aromatic rings. The number of para-hydroxylation sites is 1. The van der Waals surface area contributed by atoms with E-state index in [4.69, 9.17) is 9.40 Å². The zero-order valence-corrected chi connectivity index (χ0v) is 19.3. The van der Waals surface area contributed by atoms with Gasteiger partial charge in [-0.1, -0.05) is 81.3 Å². The van der Waals surface area contributed by atoms with E-state index in [1.165, 1.54) is 42.4 Å². The molecule has 33 heavy (non-hydrogen) atoms. The standard InChI is InChI=1S/C31H29NO/c1-31(2,22-12-6-7-13-22)23-18-19-32-27(20-23)25-17-16-24(21-10-4-3-5-11-21)29-26-14-8-9-15-28(26)33-30(25)29/h3-5,8-11,14-20,22H,6-7,12-13H2,1-2H3. The number of rotatable bonds is 4. The van der Waals surface area contributed by atoms with E-state index < -0.39 is 0 Å². The minimum absolute atomic E-state index is 0.144. The summed E-state index contributed by atoms with van der Waals surface area (Å²) >= 11 is 0. The van der Waals surface area contributed by atoms with Crippen LogP contribution in [0, 0.1) is 5.92 Å². The van der Waals surface area contributed by atoms with E-state index in [0.717, 1.165) is 39.1 Å². The molecule has 0 unspecified atom stereocenters. The Morgan fingerprint density at radius 1 is 0.818 bits per heavy atom. The molecule has 1 fully saturated rings. The number of benzene rings is 3. The molecule has 0 spiro atoms. The first-order chi connectivity index (χ1) is 16.1. The molecule has 0 atom stereocenters. The minimum Gasteiger partial charge on any atom is -0.455 e. The van der Waals surface area contributed by atoms with Gasteiger partial charge < -0.3 is 4.42 Å². The average Bonchev–Trinajstić information content (AvgIpc) is 3.53. The van der Waals surface area contributed by atoms with Gasteiger partial charge in [-0.3, -0.25) is 4.98 Å². The maximum Gasteiger partial charge on any atom is 0.145 e. The van der Waals surface area contributed by atoms with Crippen molar-refractivity contribution in [3.63, 3.8) is 0 Å². The quantitative estimate of drug-likeness (QED) is 0.284. The van der Waals surface area contributed by atoms with Gasteiger partial charge in [0.15, 0.2) is 0 Å². The molecule has 0 N–H and O–H groups in total. The van der Waals surface area contributed by atoms with Gasteiger partial charge in [0.2, 0.25) is 0 Å². The highest BCUT2D eigenvalue weighted by Crippen LogP contribution is 2.44. The number of nitrogens with zero attached hydrogens (tertiary/aromatic N) is 1. The van der Waals surface area contributed by atoms with Crippen LogP contribution in [0.15, 0.2) is 89.5 Å². The van der Waals surface area contributed by atoms with Crippen LogP contribution in [0.2, 0.25) is 0 Å². The second-order valence-electron chi connectivity index (χ2n) is 9.96. The van der Waals surface area contributed by atoms with Gasteiger partial charge in [-0.05, 0) is 65.1 Å². The zero-order valence-electron chi connectivity index (χ0n) is 19.3. The highest BCUT2D eigenvalue weighted by molar-refractivity contribution is 6.16. The van der Waals surface area contributed by atoms with Gasteiger partial charge >= 0.3 is 0 Å². The van der Waals surface area contributed by atoms with Crippen molar-refractivity contribution in [1.82, 2.24) is 4.98 Å². The van der Waals surface area contributed by atoms with E-state index in [1.807, 2.05) is 12.3 Å². The van der Waals surface area contributed by atoms with Crippen molar-refractivity contribution in [2.45, 2.75) is 44.9 Å². The molecule has 0 saturated heterocycles. The molecule has 0 radical (unpaired) electrons. The van der Waals surface area contributed by atoms with Crippen LogP contribution in [0.1, 0.15) is 45.1 Å². The first kappa shape index (κ1) is 20.2. The lowest BCUT2D eigenvalue weighted by atomic mass is 9.72. The number of hydrogen-bond acceptors (Lipinski definition) is 2. The van der Waals surface area contributed by atoms with Gasteiger partial charge in [0.25, 0.3) is 0 Å². The average molecular weight is 432 g/mol. The van der Waals surface area contributed by atoms with E-state index in [1.54, 1.807) is 0 Å². The summed E-state index contributed by atoms with van der Waals surface area (Å²) in [6.07, 6.45) is 7.33. The third-order valence-electron chi connectivity index (χ3n) is 7.77. The molecule has 2 heteroatoms. The summed E-state index contributed by atoms with van der Waals surface area (Å²) in [5.41, 5.74) is 7.79. The second kappa shape index (κ2) is 7.88. The second-order valence-corrected chi connectivity index (χ2v) is 9.96. The first-order valence-electron chi connectivity index (χ1n) is 12.1. The third-order valence-corrected chi connectivity index (χ3v) is 7.77. The molecule has 2 aromatic heterocycles. The van der Waals surface area contributed by atoms with Gasteiger partial charge in [-0.15, -0.1) is 0 Å². The summed E-state index contributed by atoms with van der Waals surface area (Å²) in [5.74, 6) is 0.736. The van der Waals surface area contributed by atoms with Crippen molar-refractivity contribution >= 4 is 21.9 Å². The molecule has 0 aliphatic heterocycles. The van der Waals surface area contributed by atoms with E-state index in [0.29, 0.717) is 0 Å². The van der Waals surface area contributed by atoms with Crippen molar-refractivity contribution in [3.8, 4) is 22.4 Å². The van der Waals surface area contributed by atoms with Crippen molar-refractivity contribution in [1.29, 1.82) is 0 Å². The topological polar surface area (TPSA) is 26.0 Å². The number of furan rings is 1. The molecule has 0 amide bonds. The molecule has 1 saturated carbocycles. The van der Waals surface area contributed by atoms with Crippen LogP contribution in [-0.4, -0.2) is 4.98 Å². The Morgan fingerprint density at radius 2 is 1.55 bits per heavy atom. The third kappa shape index (κ3) is 3.36. The molecule has 1 aliphatic carbocycles. The van der Waals surface area contributed by atoms with Crippen molar-refractivity contribution in [2.75, 3.05) is 0 Å². The van der Waals surface area contributed by atoms with Crippen LogP contribution >= 0.6 is 0 Å². The Bertz CT molecular complexity index is 1440. The smallest absolute Gasteiger partial charge is 0.145 e. The Balaban J connectivity index is 1.56. The van der Waals surface area contributed by atoms with Gasteiger partial charge in [-0.25, -0.2) is 0 Å². The lowest BCUT2D eigenvalue weighted by Gasteiger charge is -2.32. The van der Waals surface area contributed by atoms with Crippen LogP contribution in [0.25, 0.3) is 44.3 Å². The number of fused-ring (bicyclic) bond motifs is 3. The summed E-state index contributed by atoms with van der Waals surface area (Å²) in [5, 5.41) is 2.31. The lowest BCUT2D eigenvalue weighted by molar-refractivity contribution is 0.325. The Labute approximate surface area is 195 Å². The van der Waals surface area contributed by atoms with Crippen LogP contribution < -0.4 is 0 Å². The molecular formula is C31H29NO. The van der Waals surface area contributed by atoms with Crippen LogP contribution in [0.5, 0.6) is 0 Å². The molecule has 164 valence electrons. The normalized spacial score (nSPS) is 15.0. The number of aromatic nitrogens is 1. The van der Waals surface area contributed by atoms with E-state index in [9.17, 15) is 0 Å². The van der Waals surface area contributed by atoms with Gasteiger partial charge in [-0.2, -0.15) is 0 Å². The fourth-order valence-corrected chi connectivity index (χ4v) is 5.75. The van der Waals surface area contributed by atoms with Crippen LogP contribution in [0.3, 0.4) is 0 Å². The van der Waals surface area contributed by atoms with Crippen molar-refractivity contribution in [2.24, 2.45) is 5.92 Å². The Hall–Kier alpha value is -3.39. The summed E-state index contributed by atoms with van der Waals surface area (Å²) in [4.78, 5) is 4.81. The number of hydrogen-bond donors (Lipinski definition) is 0. The molecule has 2 heterocycles. The van der Waals surface area contributed by atoms with Gasteiger partial charge in [0, 0.05) is 22.5 Å². The van der Waals surface area contributed by atoms with Crippen LogP contribution in [0.4, 0.5) is 0 Å². The first-order valence-corrected chi connectivity index (χ1v) is 12.1. The van der Waals surface area contributed by atoms with Crippen molar-refractivity contribution < 1.29 is 4.42 Å². The predicted octanol–water partition coefficient (Wildman–Crippen LogP) is 8.78. The SMILES string of the molecule is CC(C)(c1ccnc(-c2ccc(-c3ccccc3)c3c2oc2ccccc23)c1)C1CCCC1. The molecule has 0 bridgehead atoms. The zero-order chi connectivity index (χ0) is 22.4. The van der Waals surface area contributed by atoms with Crippen molar-refractivity contribution in [3.05, 3.63) is 90.6 Å². The van der Waals surface area contributed by atoms with E-state index >= 15 is 0 Å². The fraction of sp³-hybridized carbons (Fsp3) is 0.258. The molecule has 3 aromatic carbocycles. The summed E-state index contributed by atoms with van der Waals surface area (Å²) in [7, 11) is 0. The molecular weight excluding hydrogens is 402 g/mol. The highest BCUT2D eigenvalue weighted by Gasteiger charge is 2.33. The Kier molecular flexibility index (Phi) is 4.83. The number of pyridine rings is 1. The highest BCUT2D eigenvalue weighted by atomic mass is 16.3. The molecule has 6 rings (SSSR count). The fourth-order valence-electron chi connectivity index (χ4n) is 5.75. The maximum absolute atomic E-state index is 6.49. The van der Waals surface area contributed by atoms with E-state index in [-0.39, 0.29) is 5.41 Å². The minimum atomic E-state index is 0.144. The van der Waals surface area contributed by atoms with Crippen LogP contribution in [-0.2, 0) is 5.41 Å². The maximum atomic E-state index is 6.49. The monoisotopic (exact) mass is 431 g/mol. The van der Waals surface area contributed by atoms with Gasteiger partial charge in [0.05, 0.1) is 5.69 Å². The lowest BCUT2D eigenvalue weighted by Crippen LogP contribution is -2.26. The molecule has 2 nitrogen and oxygen atoms in total. The summed E-state index contributed by atoms with van der Waals surface area (Å²) in [6.45, 7) is 4.80. The predicted molar refractivity (Wildman–Crippen MR) is 137 cm³/mol. The van der Waals surface area contributed by atoms with E-state index in [2.05, 4.69) is 86.6 Å². The summed E-state index contributed by atoms with van der Waals surface area (Å²) < 4.78 is 6.49. The van der Waals surface area contributed by atoms with Gasteiger partial charge in [0.1, 0.15) is 11.2 Å².